The molecule has 0 N–H and O–H groups in total. The normalized spacial score (nSPS) is 25.4. The number of Topliss-reactive ketones (excluding diaryl/α,β-unsaturated/α-hetero) is 1. The number of hydrogen-bond donors (Lipinski definition) is 0. The molecule has 2 aromatic carbocycles. The van der Waals surface area contributed by atoms with Gasteiger partial charge in [0.2, 0.25) is 11.8 Å². The van der Waals surface area contributed by atoms with Crippen molar-refractivity contribution in [3.63, 3.8) is 0 Å². The molecule has 2 amide bonds. The summed E-state index contributed by atoms with van der Waals surface area (Å²) in [4.78, 5) is 44.1. The SMILES string of the molecule is C=CCN1C(=O)[C@H]2[C@H](C1=O)[C@@H]1C=C(C)c3cc(C)ccc3N1[C@@H]2C(=O)c1cccc(OC)c1. The van der Waals surface area contributed by atoms with Crippen molar-refractivity contribution in [1.82, 2.24) is 4.90 Å². The van der Waals surface area contributed by atoms with Gasteiger partial charge in [0.1, 0.15) is 11.8 Å². The van der Waals surface area contributed by atoms with Gasteiger partial charge in [0, 0.05) is 23.4 Å². The molecular weight excluding hydrogens is 416 g/mol. The first-order valence-corrected chi connectivity index (χ1v) is 11.1. The van der Waals surface area contributed by atoms with Gasteiger partial charge in [-0.25, -0.2) is 0 Å². The molecule has 4 atom stereocenters. The predicted octanol–water partition coefficient (Wildman–Crippen LogP) is 3.65. The number of nitrogens with zero attached hydrogens (tertiary/aromatic N) is 2. The zero-order valence-electron chi connectivity index (χ0n) is 18.9. The van der Waals surface area contributed by atoms with E-state index in [1.807, 2.05) is 37.0 Å². The summed E-state index contributed by atoms with van der Waals surface area (Å²) in [5.41, 5.74) is 4.53. The summed E-state index contributed by atoms with van der Waals surface area (Å²) in [6.45, 7) is 7.88. The highest BCUT2D eigenvalue weighted by Gasteiger charge is 2.64. The maximum Gasteiger partial charge on any atom is 0.236 e. The van der Waals surface area contributed by atoms with Gasteiger partial charge in [0.15, 0.2) is 5.78 Å². The first-order chi connectivity index (χ1) is 15.9. The third-order valence-corrected chi connectivity index (χ3v) is 7.03. The highest BCUT2D eigenvalue weighted by molar-refractivity contribution is 6.14. The molecule has 3 aliphatic rings. The van der Waals surface area contributed by atoms with E-state index in [0.717, 1.165) is 22.4 Å². The number of amides is 2. The van der Waals surface area contributed by atoms with Crippen LogP contribution in [-0.2, 0) is 9.59 Å². The fourth-order valence-corrected chi connectivity index (χ4v) is 5.57. The van der Waals surface area contributed by atoms with E-state index in [2.05, 4.69) is 12.6 Å². The summed E-state index contributed by atoms with van der Waals surface area (Å²) in [5, 5.41) is 0. The molecule has 5 rings (SSSR count). The quantitative estimate of drug-likeness (QED) is 0.402. The second kappa shape index (κ2) is 7.73. The van der Waals surface area contributed by atoms with Crippen molar-refractivity contribution >= 4 is 28.9 Å². The standard InChI is InChI=1S/C27H26N2O4/c1-5-11-28-26(31)22-21-13-16(3)19-12-15(2)9-10-20(19)29(21)24(23(22)27(28)32)25(30)17-7-6-8-18(14-17)33-4/h5-10,12-14,21-24H,1,11H2,2-4H3/t21-,22+,23-,24-/m0/s1. The van der Waals surface area contributed by atoms with Gasteiger partial charge in [0.25, 0.3) is 0 Å². The van der Waals surface area contributed by atoms with Crippen molar-refractivity contribution in [1.29, 1.82) is 0 Å². The molecule has 6 nitrogen and oxygen atoms in total. The number of carbonyl (C=O) groups is 3. The van der Waals surface area contributed by atoms with Crippen LogP contribution in [0, 0.1) is 18.8 Å². The van der Waals surface area contributed by atoms with E-state index in [1.165, 1.54) is 4.90 Å². The zero-order chi connectivity index (χ0) is 23.4. The predicted molar refractivity (Wildman–Crippen MR) is 126 cm³/mol. The number of benzene rings is 2. The molecule has 3 aliphatic heterocycles. The van der Waals surface area contributed by atoms with Gasteiger partial charge in [-0.3, -0.25) is 19.3 Å². The van der Waals surface area contributed by atoms with Gasteiger partial charge in [-0.15, -0.1) is 6.58 Å². The zero-order valence-corrected chi connectivity index (χ0v) is 18.9. The minimum absolute atomic E-state index is 0.149. The Bertz CT molecular complexity index is 1230. The number of ether oxygens (including phenoxy) is 1. The number of allylic oxidation sites excluding steroid dienone is 1. The number of rotatable bonds is 5. The number of hydrogen-bond acceptors (Lipinski definition) is 5. The molecule has 2 saturated heterocycles. The molecule has 0 aromatic heterocycles. The van der Waals surface area contributed by atoms with Gasteiger partial charge in [-0.1, -0.05) is 35.9 Å². The summed E-state index contributed by atoms with van der Waals surface area (Å²) in [7, 11) is 1.55. The van der Waals surface area contributed by atoms with E-state index in [4.69, 9.17) is 4.74 Å². The number of anilines is 1. The number of carbonyl (C=O) groups excluding carboxylic acids is 3. The fourth-order valence-electron chi connectivity index (χ4n) is 5.57. The smallest absolute Gasteiger partial charge is 0.236 e. The van der Waals surface area contributed by atoms with Gasteiger partial charge >= 0.3 is 0 Å². The first-order valence-electron chi connectivity index (χ1n) is 11.1. The minimum atomic E-state index is -0.788. The summed E-state index contributed by atoms with van der Waals surface area (Å²) in [5.74, 6) is -1.52. The monoisotopic (exact) mass is 442 g/mol. The van der Waals surface area contributed by atoms with E-state index >= 15 is 0 Å². The average Bonchev–Trinajstić information content (AvgIpc) is 3.27. The molecule has 0 unspecified atom stereocenters. The van der Waals surface area contributed by atoms with Crippen molar-refractivity contribution in [2.45, 2.75) is 25.9 Å². The Morgan fingerprint density at radius 1 is 1.09 bits per heavy atom. The summed E-state index contributed by atoms with van der Waals surface area (Å²) in [6, 6.07) is 11.9. The summed E-state index contributed by atoms with van der Waals surface area (Å²) in [6.07, 6.45) is 3.59. The van der Waals surface area contributed by atoms with Crippen LogP contribution >= 0.6 is 0 Å². The number of aryl methyl sites for hydroxylation is 1. The summed E-state index contributed by atoms with van der Waals surface area (Å²) >= 11 is 0. The van der Waals surface area contributed by atoms with Crippen LogP contribution < -0.4 is 9.64 Å². The highest BCUT2D eigenvalue weighted by atomic mass is 16.5. The molecule has 6 heteroatoms. The van der Waals surface area contributed by atoms with Crippen molar-refractivity contribution in [3.8, 4) is 5.75 Å². The molecule has 0 aliphatic carbocycles. The topological polar surface area (TPSA) is 66.9 Å². The number of fused-ring (bicyclic) bond motifs is 5. The third-order valence-electron chi connectivity index (χ3n) is 7.03. The van der Waals surface area contributed by atoms with Crippen molar-refractivity contribution in [2.75, 3.05) is 18.6 Å². The van der Waals surface area contributed by atoms with Crippen LogP contribution in [0.15, 0.2) is 61.2 Å². The van der Waals surface area contributed by atoms with E-state index in [0.29, 0.717) is 11.3 Å². The van der Waals surface area contributed by atoms with Gasteiger partial charge in [0.05, 0.1) is 25.0 Å². The van der Waals surface area contributed by atoms with Crippen molar-refractivity contribution in [2.24, 2.45) is 11.8 Å². The van der Waals surface area contributed by atoms with Crippen LogP contribution in [0.25, 0.3) is 5.57 Å². The van der Waals surface area contributed by atoms with Crippen LogP contribution in [0.3, 0.4) is 0 Å². The molecule has 2 aromatic rings. The Labute approximate surface area is 193 Å². The fraction of sp³-hybridized carbons (Fsp3) is 0.296. The molecule has 0 saturated carbocycles. The largest absolute Gasteiger partial charge is 0.497 e. The second-order valence-corrected chi connectivity index (χ2v) is 8.94. The van der Waals surface area contributed by atoms with E-state index < -0.39 is 17.9 Å². The van der Waals surface area contributed by atoms with E-state index in [9.17, 15) is 14.4 Å². The molecule has 0 spiro atoms. The highest BCUT2D eigenvalue weighted by Crippen LogP contribution is 2.50. The lowest BCUT2D eigenvalue weighted by atomic mass is 9.85. The Morgan fingerprint density at radius 2 is 1.85 bits per heavy atom. The lowest BCUT2D eigenvalue weighted by Crippen LogP contribution is -2.49. The summed E-state index contributed by atoms with van der Waals surface area (Å²) < 4.78 is 5.32. The van der Waals surface area contributed by atoms with Crippen LogP contribution in [0.5, 0.6) is 5.75 Å². The second-order valence-electron chi connectivity index (χ2n) is 8.94. The van der Waals surface area contributed by atoms with E-state index in [1.54, 1.807) is 37.5 Å². The lowest BCUT2D eigenvalue weighted by molar-refractivity contribution is -0.139. The molecular formula is C27H26N2O4. The Morgan fingerprint density at radius 3 is 2.58 bits per heavy atom. The number of likely N-dealkylation sites (tertiary alicyclic amines) is 1. The van der Waals surface area contributed by atoms with Crippen LogP contribution in [0.1, 0.15) is 28.4 Å². The van der Waals surface area contributed by atoms with Crippen LogP contribution in [0.2, 0.25) is 0 Å². The maximum atomic E-state index is 14.0. The third kappa shape index (κ3) is 3.04. The Kier molecular flexibility index (Phi) is 4.96. The van der Waals surface area contributed by atoms with Crippen molar-refractivity contribution < 1.29 is 19.1 Å². The first kappa shape index (κ1) is 21.2. The number of methoxy groups -OCH3 is 1. The average molecular weight is 443 g/mol. The molecule has 33 heavy (non-hydrogen) atoms. The number of ketones is 1. The number of imide groups is 1. The molecule has 0 radical (unpaired) electrons. The lowest BCUT2D eigenvalue weighted by Gasteiger charge is -2.38. The van der Waals surface area contributed by atoms with Gasteiger partial charge < -0.3 is 9.64 Å². The molecule has 0 bridgehead atoms. The minimum Gasteiger partial charge on any atom is -0.497 e. The molecule has 168 valence electrons. The van der Waals surface area contributed by atoms with Crippen LogP contribution in [-0.4, -0.2) is 48.2 Å². The molecule has 2 fully saturated rings. The van der Waals surface area contributed by atoms with Gasteiger partial charge in [-0.2, -0.15) is 0 Å². The Balaban J connectivity index is 1.69. The maximum absolute atomic E-state index is 14.0. The van der Waals surface area contributed by atoms with Crippen molar-refractivity contribution in [3.05, 3.63) is 77.9 Å². The van der Waals surface area contributed by atoms with E-state index in [-0.39, 0.29) is 30.2 Å². The molecule has 3 heterocycles. The van der Waals surface area contributed by atoms with Gasteiger partial charge in [-0.05, 0) is 43.7 Å². The Hall–Kier alpha value is -3.67. The van der Waals surface area contributed by atoms with Crippen LogP contribution in [0.4, 0.5) is 5.69 Å².